The molecule has 0 aromatic heterocycles. The zero-order chi connectivity index (χ0) is 24.6. The Bertz CT molecular complexity index is 803. The molecule has 2 saturated heterocycles. The fourth-order valence-corrected chi connectivity index (χ4v) is 3.94. The molecule has 2 fully saturated rings. The first-order valence-electron chi connectivity index (χ1n) is 10.9. The number of hydrogen-bond acceptors (Lipinski definition) is 11. The van der Waals surface area contributed by atoms with Crippen LogP contribution in [-0.4, -0.2) is 104 Å². The van der Waals surface area contributed by atoms with Crippen LogP contribution in [0.1, 0.15) is 37.8 Å². The standard InChI is InChI=1S/C22H34O11/c1-8(2)11-6-12(24)9(3)5-13(11)31-22-20(18(28)16(26)14(7-23)32-22)33-21-19(29)17(27)15(25)10(4)30-21/h5-6,8,10,14-29H,7H2,1-4H3/t10-,14+,15-,16+,17-,18-,19+,20+,21-,22+/m0/s1. The first-order chi connectivity index (χ1) is 15.5. The summed E-state index contributed by atoms with van der Waals surface area (Å²) >= 11 is 0. The topological polar surface area (TPSA) is 179 Å². The Kier molecular flexibility index (Phi) is 8.20. The molecule has 0 amide bonds. The highest BCUT2D eigenvalue weighted by atomic mass is 16.8. The normalized spacial score (nSPS) is 39.6. The molecule has 0 radical (unpaired) electrons. The number of ether oxygens (including phenoxy) is 4. The summed E-state index contributed by atoms with van der Waals surface area (Å²) in [6.07, 6.45) is -14.1. The van der Waals surface area contributed by atoms with Crippen molar-refractivity contribution in [1.82, 2.24) is 0 Å². The van der Waals surface area contributed by atoms with Crippen LogP contribution in [0.4, 0.5) is 0 Å². The van der Waals surface area contributed by atoms with E-state index in [1.54, 1.807) is 19.1 Å². The highest BCUT2D eigenvalue weighted by Gasteiger charge is 2.51. The summed E-state index contributed by atoms with van der Waals surface area (Å²) in [5, 5.41) is 71.1. The van der Waals surface area contributed by atoms with Gasteiger partial charge in [0.05, 0.1) is 12.7 Å². The molecule has 2 heterocycles. The van der Waals surface area contributed by atoms with Crippen LogP contribution in [0.3, 0.4) is 0 Å². The van der Waals surface area contributed by atoms with Crippen LogP contribution in [0.2, 0.25) is 0 Å². The Morgan fingerprint density at radius 1 is 0.909 bits per heavy atom. The van der Waals surface area contributed by atoms with E-state index in [0.29, 0.717) is 16.9 Å². The van der Waals surface area contributed by atoms with Crippen LogP contribution < -0.4 is 4.74 Å². The Morgan fingerprint density at radius 3 is 2.18 bits per heavy atom. The van der Waals surface area contributed by atoms with E-state index in [2.05, 4.69) is 0 Å². The molecule has 11 nitrogen and oxygen atoms in total. The van der Waals surface area contributed by atoms with Gasteiger partial charge in [-0.3, -0.25) is 0 Å². The second-order valence-corrected chi connectivity index (χ2v) is 8.94. The first-order valence-corrected chi connectivity index (χ1v) is 10.9. The van der Waals surface area contributed by atoms with Gasteiger partial charge < -0.3 is 54.7 Å². The molecule has 7 N–H and O–H groups in total. The van der Waals surface area contributed by atoms with Crippen molar-refractivity contribution in [2.75, 3.05) is 6.61 Å². The van der Waals surface area contributed by atoms with Crippen molar-refractivity contribution in [1.29, 1.82) is 0 Å². The van der Waals surface area contributed by atoms with Gasteiger partial charge in [-0.1, -0.05) is 13.8 Å². The fourth-order valence-electron chi connectivity index (χ4n) is 3.94. The molecule has 0 spiro atoms. The van der Waals surface area contributed by atoms with Crippen molar-refractivity contribution < 1.29 is 54.7 Å². The molecule has 2 aliphatic heterocycles. The summed E-state index contributed by atoms with van der Waals surface area (Å²) in [6.45, 7) is 6.32. The molecular weight excluding hydrogens is 440 g/mol. The maximum Gasteiger partial charge on any atom is 0.229 e. The van der Waals surface area contributed by atoms with Gasteiger partial charge in [0, 0.05) is 5.56 Å². The lowest BCUT2D eigenvalue weighted by molar-refractivity contribution is -0.354. The van der Waals surface area contributed by atoms with Gasteiger partial charge in [0.15, 0.2) is 12.4 Å². The maximum absolute atomic E-state index is 10.7. The van der Waals surface area contributed by atoms with Crippen molar-refractivity contribution in [3.63, 3.8) is 0 Å². The van der Waals surface area contributed by atoms with E-state index in [-0.39, 0.29) is 11.7 Å². The molecule has 10 atom stereocenters. The SMILES string of the molecule is Cc1cc(O[C@@H]2O[C@H](CO)[C@@H](O)[C@H](O)[C@H]2O[C@@H]2O[C@@H](C)[C@H](O)[C@H](O)[C@H]2O)c(C(C)C)cc1O. The first kappa shape index (κ1) is 26.1. The quantitative estimate of drug-likeness (QED) is 0.265. The Morgan fingerprint density at radius 2 is 1.58 bits per heavy atom. The Labute approximate surface area is 191 Å². The average molecular weight is 475 g/mol. The number of aryl methyl sites for hydroxylation is 1. The number of aliphatic hydroxyl groups excluding tert-OH is 6. The van der Waals surface area contributed by atoms with Crippen molar-refractivity contribution in [2.45, 2.75) is 95.0 Å². The van der Waals surface area contributed by atoms with E-state index in [0.717, 1.165) is 0 Å². The number of benzene rings is 1. The van der Waals surface area contributed by atoms with E-state index >= 15 is 0 Å². The number of aliphatic hydroxyl groups is 6. The fraction of sp³-hybridized carbons (Fsp3) is 0.727. The minimum absolute atomic E-state index is 0.0559. The van der Waals surface area contributed by atoms with E-state index in [9.17, 15) is 35.7 Å². The molecule has 11 heteroatoms. The van der Waals surface area contributed by atoms with E-state index in [4.69, 9.17) is 18.9 Å². The van der Waals surface area contributed by atoms with Gasteiger partial charge in [0.1, 0.15) is 48.1 Å². The zero-order valence-electron chi connectivity index (χ0n) is 19.0. The second kappa shape index (κ2) is 10.4. The molecule has 1 aromatic carbocycles. The summed E-state index contributed by atoms with van der Waals surface area (Å²) < 4.78 is 22.8. The lowest BCUT2D eigenvalue weighted by Crippen LogP contribution is -2.64. The Balaban J connectivity index is 1.91. The number of rotatable bonds is 6. The predicted molar refractivity (Wildman–Crippen MR) is 113 cm³/mol. The van der Waals surface area contributed by atoms with Crippen LogP contribution in [0.5, 0.6) is 11.5 Å². The van der Waals surface area contributed by atoms with Gasteiger partial charge in [0.25, 0.3) is 0 Å². The van der Waals surface area contributed by atoms with Crippen LogP contribution in [-0.2, 0) is 14.2 Å². The zero-order valence-corrected chi connectivity index (χ0v) is 19.0. The maximum atomic E-state index is 10.7. The number of phenolic OH excluding ortho intramolecular Hbond substituents is 1. The summed E-state index contributed by atoms with van der Waals surface area (Å²) in [6, 6.07) is 3.14. The number of phenols is 1. The van der Waals surface area contributed by atoms with Crippen molar-refractivity contribution in [3.05, 3.63) is 23.3 Å². The molecule has 0 aliphatic carbocycles. The van der Waals surface area contributed by atoms with Gasteiger partial charge in [-0.15, -0.1) is 0 Å². The van der Waals surface area contributed by atoms with Gasteiger partial charge in [-0.05, 0) is 37.5 Å². The third-order valence-corrected chi connectivity index (χ3v) is 6.12. The minimum Gasteiger partial charge on any atom is -0.508 e. The highest BCUT2D eigenvalue weighted by molar-refractivity contribution is 5.46. The largest absolute Gasteiger partial charge is 0.508 e. The molecule has 188 valence electrons. The third kappa shape index (κ3) is 5.26. The predicted octanol–water partition coefficient (Wildman–Crippen LogP) is -1.15. The molecular formula is C22H34O11. The Hall–Kier alpha value is -1.54. The van der Waals surface area contributed by atoms with Crippen molar-refractivity contribution in [3.8, 4) is 11.5 Å². The lowest BCUT2D eigenvalue weighted by atomic mass is 9.97. The van der Waals surface area contributed by atoms with Crippen molar-refractivity contribution >= 4 is 0 Å². The molecule has 33 heavy (non-hydrogen) atoms. The number of aromatic hydroxyl groups is 1. The highest BCUT2D eigenvalue weighted by Crippen LogP contribution is 2.36. The molecule has 2 aliphatic rings. The second-order valence-electron chi connectivity index (χ2n) is 8.94. The molecule has 0 saturated carbocycles. The lowest BCUT2D eigenvalue weighted by Gasteiger charge is -2.45. The minimum atomic E-state index is -1.65. The van der Waals surface area contributed by atoms with Crippen LogP contribution in [0.25, 0.3) is 0 Å². The van der Waals surface area contributed by atoms with Crippen LogP contribution in [0, 0.1) is 6.92 Å². The van der Waals surface area contributed by atoms with Crippen LogP contribution >= 0.6 is 0 Å². The third-order valence-electron chi connectivity index (χ3n) is 6.12. The molecule has 3 rings (SSSR count). The average Bonchev–Trinajstić information content (AvgIpc) is 2.77. The molecule has 0 unspecified atom stereocenters. The summed E-state index contributed by atoms with van der Waals surface area (Å²) in [7, 11) is 0. The molecule has 1 aromatic rings. The van der Waals surface area contributed by atoms with Crippen LogP contribution in [0.15, 0.2) is 12.1 Å². The van der Waals surface area contributed by atoms with Gasteiger partial charge in [-0.25, -0.2) is 0 Å². The summed E-state index contributed by atoms with van der Waals surface area (Å²) in [4.78, 5) is 0. The summed E-state index contributed by atoms with van der Waals surface area (Å²) in [5.41, 5.74) is 1.17. The smallest absolute Gasteiger partial charge is 0.229 e. The monoisotopic (exact) mass is 474 g/mol. The van der Waals surface area contributed by atoms with E-state index < -0.39 is 68.0 Å². The van der Waals surface area contributed by atoms with Gasteiger partial charge in [0.2, 0.25) is 6.29 Å². The number of hydrogen-bond donors (Lipinski definition) is 7. The van der Waals surface area contributed by atoms with Crippen molar-refractivity contribution in [2.24, 2.45) is 0 Å². The van der Waals surface area contributed by atoms with E-state index in [1.165, 1.54) is 6.92 Å². The van der Waals surface area contributed by atoms with Gasteiger partial charge in [-0.2, -0.15) is 0 Å². The van der Waals surface area contributed by atoms with E-state index in [1.807, 2.05) is 13.8 Å². The molecule has 0 bridgehead atoms. The summed E-state index contributed by atoms with van der Waals surface area (Å²) in [5.74, 6) is 0.347. The van der Waals surface area contributed by atoms with Gasteiger partial charge >= 0.3 is 0 Å².